The van der Waals surface area contributed by atoms with Crippen molar-refractivity contribution in [2.24, 2.45) is 0 Å². The van der Waals surface area contributed by atoms with Gasteiger partial charge in [-0.25, -0.2) is 13.8 Å². The zero-order valence-electron chi connectivity index (χ0n) is 13.8. The van der Waals surface area contributed by atoms with E-state index in [2.05, 4.69) is 15.4 Å². The maximum atomic E-state index is 13.3. The third kappa shape index (κ3) is 3.06. The number of rotatable bonds is 4. The molecule has 4 aromatic rings. The summed E-state index contributed by atoms with van der Waals surface area (Å²) in [5.74, 6) is -2.09. The summed E-state index contributed by atoms with van der Waals surface area (Å²) in [5.41, 5.74) is 1.19. The highest BCUT2D eigenvalue weighted by molar-refractivity contribution is 6.10. The smallest absolute Gasteiger partial charge is 0.268 e. The van der Waals surface area contributed by atoms with Crippen LogP contribution in [0.1, 0.15) is 20.7 Å². The molecular weight excluding hydrogens is 353 g/mol. The van der Waals surface area contributed by atoms with Crippen LogP contribution in [-0.2, 0) is 6.54 Å². The molecule has 4 rings (SSSR count). The van der Waals surface area contributed by atoms with Crippen molar-refractivity contribution in [2.75, 3.05) is 0 Å². The van der Waals surface area contributed by atoms with Crippen LogP contribution >= 0.6 is 0 Å². The van der Waals surface area contributed by atoms with Gasteiger partial charge in [0.15, 0.2) is 5.78 Å². The molecule has 27 heavy (non-hydrogen) atoms. The van der Waals surface area contributed by atoms with Crippen molar-refractivity contribution in [3.8, 4) is 5.75 Å². The molecule has 9 heteroatoms. The van der Waals surface area contributed by atoms with Crippen molar-refractivity contribution >= 4 is 22.7 Å². The molecule has 0 saturated carbocycles. The molecule has 0 unspecified atom stereocenters. The van der Waals surface area contributed by atoms with E-state index < -0.39 is 17.5 Å². The summed E-state index contributed by atoms with van der Waals surface area (Å²) in [5, 5.41) is 21.5. The molecule has 0 spiro atoms. The zero-order chi connectivity index (χ0) is 19.0. The second kappa shape index (κ2) is 6.45. The summed E-state index contributed by atoms with van der Waals surface area (Å²) >= 11 is 0. The van der Waals surface area contributed by atoms with Gasteiger partial charge in [-0.05, 0) is 30.3 Å². The maximum Gasteiger partial charge on any atom is 0.268 e. The van der Waals surface area contributed by atoms with Crippen molar-refractivity contribution in [3.63, 3.8) is 0 Å². The van der Waals surface area contributed by atoms with Crippen LogP contribution < -0.4 is 0 Å². The standard InChI is InChI=1S/C18H12FN5O3/c19-12-5-6-16(25)13(7-12)18(27)11-8-20-24(9-11)17(26)10-23-15-4-2-1-3-14(15)21-22-23/h1-9,25H,10H2. The van der Waals surface area contributed by atoms with Gasteiger partial charge in [-0.1, -0.05) is 17.3 Å². The molecule has 0 fully saturated rings. The predicted octanol–water partition coefficient (Wildman–Crippen LogP) is 2.04. The summed E-state index contributed by atoms with van der Waals surface area (Å²) in [7, 11) is 0. The quantitative estimate of drug-likeness (QED) is 0.555. The number of carbonyl (C=O) groups is 2. The molecule has 0 atom stereocenters. The Morgan fingerprint density at radius 2 is 1.96 bits per heavy atom. The highest BCUT2D eigenvalue weighted by Gasteiger charge is 2.18. The molecule has 0 amide bonds. The SMILES string of the molecule is O=C(c1cnn(C(=O)Cn2nnc3ccccc32)c1)c1cc(F)ccc1O. The molecule has 2 aromatic heterocycles. The normalized spacial score (nSPS) is 11.0. The third-order valence-electron chi connectivity index (χ3n) is 4.01. The molecule has 8 nitrogen and oxygen atoms in total. The first-order valence-electron chi connectivity index (χ1n) is 7.92. The fourth-order valence-corrected chi connectivity index (χ4v) is 2.66. The van der Waals surface area contributed by atoms with E-state index in [0.717, 1.165) is 22.9 Å². The average Bonchev–Trinajstić information content (AvgIpc) is 3.31. The number of fused-ring (bicyclic) bond motifs is 1. The van der Waals surface area contributed by atoms with Crippen molar-refractivity contribution < 1.29 is 19.1 Å². The number of halogens is 1. The van der Waals surface area contributed by atoms with Crippen molar-refractivity contribution in [3.05, 3.63) is 71.8 Å². The van der Waals surface area contributed by atoms with Crippen LogP contribution in [0.3, 0.4) is 0 Å². The molecule has 0 bridgehead atoms. The van der Waals surface area contributed by atoms with Gasteiger partial charge in [-0.3, -0.25) is 9.59 Å². The molecule has 2 heterocycles. The number of benzene rings is 2. The van der Waals surface area contributed by atoms with E-state index in [9.17, 15) is 19.1 Å². The Morgan fingerprint density at radius 3 is 2.81 bits per heavy atom. The fraction of sp³-hybridized carbons (Fsp3) is 0.0556. The lowest BCUT2D eigenvalue weighted by Gasteiger charge is -2.02. The van der Waals surface area contributed by atoms with Crippen LogP contribution in [0.5, 0.6) is 5.75 Å². The molecule has 0 saturated heterocycles. The van der Waals surface area contributed by atoms with Crippen LogP contribution in [0.4, 0.5) is 4.39 Å². The number of ketones is 1. The molecule has 0 aliphatic heterocycles. The van der Waals surface area contributed by atoms with E-state index in [1.54, 1.807) is 12.1 Å². The molecule has 0 aliphatic rings. The largest absolute Gasteiger partial charge is 0.507 e. The highest BCUT2D eigenvalue weighted by atomic mass is 19.1. The number of nitrogens with zero attached hydrogens (tertiary/aromatic N) is 5. The minimum absolute atomic E-state index is 0.0488. The second-order valence-corrected chi connectivity index (χ2v) is 5.79. The van der Waals surface area contributed by atoms with Crippen LogP contribution in [0, 0.1) is 5.82 Å². The topological polar surface area (TPSA) is 103 Å². The minimum Gasteiger partial charge on any atom is -0.507 e. The number of para-hydroxylation sites is 1. The van der Waals surface area contributed by atoms with E-state index in [-0.39, 0.29) is 23.4 Å². The van der Waals surface area contributed by atoms with Crippen molar-refractivity contribution in [1.82, 2.24) is 24.8 Å². The number of phenols is 1. The summed E-state index contributed by atoms with van der Waals surface area (Å²) in [4.78, 5) is 24.9. The third-order valence-corrected chi connectivity index (χ3v) is 4.01. The Labute approximate surface area is 151 Å². The number of carbonyl (C=O) groups excluding carboxylic acids is 2. The number of phenolic OH excluding ortho intramolecular Hbond substituents is 1. The number of hydrogen-bond donors (Lipinski definition) is 1. The van der Waals surface area contributed by atoms with Gasteiger partial charge in [0.05, 0.1) is 22.8 Å². The second-order valence-electron chi connectivity index (χ2n) is 5.79. The Morgan fingerprint density at radius 1 is 1.15 bits per heavy atom. The molecule has 2 aromatic carbocycles. The van der Waals surface area contributed by atoms with Crippen molar-refractivity contribution in [1.29, 1.82) is 0 Å². The fourth-order valence-electron chi connectivity index (χ4n) is 2.66. The molecule has 0 radical (unpaired) electrons. The van der Waals surface area contributed by atoms with E-state index in [1.165, 1.54) is 17.1 Å². The monoisotopic (exact) mass is 365 g/mol. The summed E-state index contributed by atoms with van der Waals surface area (Å²) in [6.07, 6.45) is 2.41. The van der Waals surface area contributed by atoms with Gasteiger partial charge in [0.2, 0.25) is 0 Å². The Kier molecular flexibility index (Phi) is 3.96. The number of hydrogen-bond acceptors (Lipinski definition) is 6. The molecule has 134 valence electrons. The first kappa shape index (κ1) is 16.6. The van der Waals surface area contributed by atoms with Gasteiger partial charge in [0.25, 0.3) is 5.91 Å². The van der Waals surface area contributed by atoms with Gasteiger partial charge in [-0.15, -0.1) is 5.10 Å². The van der Waals surface area contributed by atoms with Crippen LogP contribution in [0.2, 0.25) is 0 Å². The van der Waals surface area contributed by atoms with Crippen LogP contribution in [0.15, 0.2) is 54.9 Å². The highest BCUT2D eigenvalue weighted by Crippen LogP contribution is 2.21. The Bertz CT molecular complexity index is 1180. The summed E-state index contributed by atoms with van der Waals surface area (Å²) in [6, 6.07) is 10.2. The summed E-state index contributed by atoms with van der Waals surface area (Å²) < 4.78 is 15.8. The Hall–Kier alpha value is -3.88. The van der Waals surface area contributed by atoms with Gasteiger partial charge in [-0.2, -0.15) is 5.10 Å². The molecular formula is C18H12FN5O3. The van der Waals surface area contributed by atoms with Crippen LogP contribution in [-0.4, -0.2) is 41.6 Å². The predicted molar refractivity (Wildman–Crippen MR) is 91.9 cm³/mol. The average molecular weight is 365 g/mol. The van der Waals surface area contributed by atoms with E-state index in [0.29, 0.717) is 11.0 Å². The van der Waals surface area contributed by atoms with Gasteiger partial charge >= 0.3 is 0 Å². The van der Waals surface area contributed by atoms with E-state index >= 15 is 0 Å². The lowest BCUT2D eigenvalue weighted by molar-refractivity contribution is 0.0871. The van der Waals surface area contributed by atoms with Crippen LogP contribution in [0.25, 0.3) is 11.0 Å². The van der Waals surface area contributed by atoms with Gasteiger partial charge in [0, 0.05) is 6.20 Å². The van der Waals surface area contributed by atoms with E-state index in [1.807, 2.05) is 12.1 Å². The number of aromatic hydroxyl groups is 1. The zero-order valence-corrected chi connectivity index (χ0v) is 13.8. The first-order chi connectivity index (χ1) is 13.0. The van der Waals surface area contributed by atoms with E-state index in [4.69, 9.17) is 0 Å². The molecule has 0 aliphatic carbocycles. The summed E-state index contributed by atoms with van der Waals surface area (Å²) in [6.45, 7) is -0.124. The van der Waals surface area contributed by atoms with Gasteiger partial charge < -0.3 is 5.11 Å². The minimum atomic E-state index is -0.655. The van der Waals surface area contributed by atoms with Gasteiger partial charge in [0.1, 0.15) is 23.6 Å². The van der Waals surface area contributed by atoms with Crippen molar-refractivity contribution in [2.45, 2.75) is 6.54 Å². The lowest BCUT2D eigenvalue weighted by atomic mass is 10.1. The lowest BCUT2D eigenvalue weighted by Crippen LogP contribution is -2.19. The number of aromatic nitrogens is 5. The first-order valence-corrected chi connectivity index (χ1v) is 7.92. The molecule has 1 N–H and O–H groups in total. The maximum absolute atomic E-state index is 13.3. The Balaban J connectivity index is 1.57.